The van der Waals surface area contributed by atoms with Crippen LogP contribution in [0.5, 0.6) is 0 Å². The lowest BCUT2D eigenvalue weighted by Gasteiger charge is -2.42. The summed E-state index contributed by atoms with van der Waals surface area (Å²) in [6.45, 7) is 3.68. The lowest BCUT2D eigenvalue weighted by molar-refractivity contribution is -0.0759. The van der Waals surface area contributed by atoms with Gasteiger partial charge < -0.3 is 10.5 Å². The number of hydrazine groups is 1. The first-order valence-corrected chi connectivity index (χ1v) is 9.90. The lowest BCUT2D eigenvalue weighted by Crippen LogP contribution is -2.57. The van der Waals surface area contributed by atoms with Gasteiger partial charge in [-0.05, 0) is 31.6 Å². The fourth-order valence-electron chi connectivity index (χ4n) is 3.88. The number of hydrogen-bond donors (Lipinski definition) is 2. The number of fused-ring (bicyclic) bond motifs is 1. The molecule has 0 saturated heterocycles. The van der Waals surface area contributed by atoms with Crippen LogP contribution in [0.2, 0.25) is 0 Å². The Hall–Kier alpha value is -2.36. The quantitative estimate of drug-likeness (QED) is 0.712. The first kappa shape index (κ1) is 19.9. The van der Waals surface area contributed by atoms with E-state index in [1.807, 2.05) is 30.2 Å². The van der Waals surface area contributed by atoms with Gasteiger partial charge in [0.1, 0.15) is 29.9 Å². The molecule has 2 N–H and O–H groups in total. The molecule has 29 heavy (non-hydrogen) atoms. The number of benzene rings is 1. The zero-order valence-corrected chi connectivity index (χ0v) is 17.4. The molecule has 1 aliphatic heterocycles. The number of allylic oxidation sites excluding steroid dienone is 3. The van der Waals surface area contributed by atoms with Crippen LogP contribution in [-0.4, -0.2) is 37.0 Å². The molecule has 1 unspecified atom stereocenters. The summed E-state index contributed by atoms with van der Waals surface area (Å²) in [5, 5.41) is 17.7. The summed E-state index contributed by atoms with van der Waals surface area (Å²) in [7, 11) is 0. The van der Waals surface area contributed by atoms with Gasteiger partial charge in [0.05, 0.1) is 18.6 Å². The van der Waals surface area contributed by atoms with Crippen LogP contribution >= 0.6 is 15.9 Å². The molecule has 1 aromatic carbocycles. The van der Waals surface area contributed by atoms with Crippen LogP contribution in [0.3, 0.4) is 0 Å². The van der Waals surface area contributed by atoms with Crippen LogP contribution in [0, 0.1) is 11.6 Å². The monoisotopic (exact) mass is 463 g/mol. The second-order valence-corrected chi connectivity index (χ2v) is 8.17. The van der Waals surface area contributed by atoms with E-state index in [0.29, 0.717) is 0 Å². The topological polar surface area (TPSA) is 66.2 Å². The fourth-order valence-corrected chi connectivity index (χ4v) is 4.28. The van der Waals surface area contributed by atoms with Crippen molar-refractivity contribution in [1.82, 2.24) is 25.2 Å². The van der Waals surface area contributed by atoms with Gasteiger partial charge in [-0.15, -0.1) is 0 Å². The largest absolute Gasteiger partial charge is 0.381 e. The average Bonchev–Trinajstić information content (AvgIpc) is 3.29. The second-order valence-electron chi connectivity index (χ2n) is 7.25. The second kappa shape index (κ2) is 7.47. The highest BCUT2D eigenvalue weighted by Crippen LogP contribution is 2.38. The van der Waals surface area contributed by atoms with Crippen LogP contribution in [0.25, 0.3) is 0 Å². The molecule has 0 fully saturated rings. The van der Waals surface area contributed by atoms with Gasteiger partial charge in [-0.3, -0.25) is 0 Å². The van der Waals surface area contributed by atoms with Gasteiger partial charge in [-0.1, -0.05) is 34.1 Å². The molecule has 6 nitrogen and oxygen atoms in total. The Morgan fingerprint density at radius 1 is 1.38 bits per heavy atom. The average molecular weight is 464 g/mol. The van der Waals surface area contributed by atoms with Crippen molar-refractivity contribution in [3.05, 3.63) is 82.0 Å². The molecule has 152 valence electrons. The van der Waals surface area contributed by atoms with E-state index >= 15 is 0 Å². The number of rotatable bonds is 5. The van der Waals surface area contributed by atoms with Crippen LogP contribution in [0.4, 0.5) is 8.78 Å². The zero-order chi connectivity index (χ0) is 20.8. The van der Waals surface area contributed by atoms with E-state index in [2.05, 4.69) is 31.4 Å². The van der Waals surface area contributed by atoms with E-state index < -0.39 is 23.3 Å². The van der Waals surface area contributed by atoms with Crippen molar-refractivity contribution in [3.63, 3.8) is 0 Å². The van der Waals surface area contributed by atoms with Crippen LogP contribution in [0.1, 0.15) is 19.4 Å². The van der Waals surface area contributed by atoms with Gasteiger partial charge in [0, 0.05) is 21.8 Å². The van der Waals surface area contributed by atoms with Crippen molar-refractivity contribution in [2.75, 3.05) is 0 Å². The van der Waals surface area contributed by atoms with Gasteiger partial charge in [0.15, 0.2) is 0 Å². The first-order valence-electron chi connectivity index (χ1n) is 9.11. The van der Waals surface area contributed by atoms with Gasteiger partial charge in [-0.25, -0.2) is 23.5 Å². The summed E-state index contributed by atoms with van der Waals surface area (Å²) in [5.41, 5.74) is 3.55. The maximum atomic E-state index is 14.8. The van der Waals surface area contributed by atoms with Crippen molar-refractivity contribution in [2.24, 2.45) is 0 Å². The van der Waals surface area contributed by atoms with Gasteiger partial charge in [0.25, 0.3) is 0 Å². The van der Waals surface area contributed by atoms with Crippen molar-refractivity contribution in [2.45, 2.75) is 38.1 Å². The maximum Gasteiger partial charge on any atom is 0.137 e. The third-order valence-corrected chi connectivity index (χ3v) is 5.95. The summed E-state index contributed by atoms with van der Waals surface area (Å²) in [6.07, 6.45) is 8.73. The fraction of sp³-hybridized carbons (Fsp3) is 0.300. The SMILES string of the molecule is CC1=C2C=C(Br)C=CC2N([C@H](C)[C@](O)(Cn2cncn2)c2ccc(F)cc2F)N1. The smallest absolute Gasteiger partial charge is 0.137 e. The molecule has 9 heteroatoms. The number of halogens is 3. The molecular weight excluding hydrogens is 444 g/mol. The molecule has 2 heterocycles. The molecule has 0 bridgehead atoms. The van der Waals surface area contributed by atoms with Crippen LogP contribution in [0.15, 0.2) is 64.8 Å². The molecule has 2 aliphatic rings. The Labute approximate surface area is 175 Å². The van der Waals surface area contributed by atoms with Gasteiger partial charge >= 0.3 is 0 Å². The molecule has 1 aliphatic carbocycles. The number of hydrogen-bond acceptors (Lipinski definition) is 5. The highest BCUT2D eigenvalue weighted by Gasteiger charge is 2.46. The van der Waals surface area contributed by atoms with E-state index in [-0.39, 0.29) is 18.2 Å². The summed E-state index contributed by atoms with van der Waals surface area (Å²) in [4.78, 5) is 3.90. The van der Waals surface area contributed by atoms with Crippen molar-refractivity contribution < 1.29 is 13.9 Å². The van der Waals surface area contributed by atoms with E-state index in [1.165, 1.54) is 23.4 Å². The van der Waals surface area contributed by atoms with E-state index in [4.69, 9.17) is 0 Å². The minimum Gasteiger partial charge on any atom is -0.381 e. The minimum atomic E-state index is -1.72. The van der Waals surface area contributed by atoms with Crippen LogP contribution in [-0.2, 0) is 12.1 Å². The molecule has 2 aromatic rings. The number of aliphatic hydroxyl groups is 1. The highest BCUT2D eigenvalue weighted by atomic mass is 79.9. The minimum absolute atomic E-state index is 0.00804. The predicted octanol–water partition coefficient (Wildman–Crippen LogP) is 3.14. The predicted molar refractivity (Wildman–Crippen MR) is 107 cm³/mol. The highest BCUT2D eigenvalue weighted by molar-refractivity contribution is 9.11. The van der Waals surface area contributed by atoms with E-state index in [9.17, 15) is 13.9 Å². The number of nitrogens with one attached hydrogen (secondary N) is 1. The molecule has 0 radical (unpaired) electrons. The first-order chi connectivity index (χ1) is 13.8. The Morgan fingerprint density at radius 2 is 2.17 bits per heavy atom. The summed E-state index contributed by atoms with van der Waals surface area (Å²) < 4.78 is 30.7. The summed E-state index contributed by atoms with van der Waals surface area (Å²) >= 11 is 3.48. The molecule has 3 atom stereocenters. The van der Waals surface area contributed by atoms with Crippen molar-refractivity contribution in [1.29, 1.82) is 0 Å². The molecule has 0 saturated carbocycles. The maximum absolute atomic E-state index is 14.8. The summed E-state index contributed by atoms with van der Waals surface area (Å²) in [6, 6.07) is 2.45. The van der Waals surface area contributed by atoms with Gasteiger partial charge in [-0.2, -0.15) is 5.10 Å². The number of nitrogens with zero attached hydrogens (tertiary/aromatic N) is 4. The lowest BCUT2D eigenvalue weighted by atomic mass is 9.85. The molecule has 4 rings (SSSR count). The zero-order valence-electron chi connectivity index (χ0n) is 15.9. The third kappa shape index (κ3) is 3.54. The summed E-state index contributed by atoms with van der Waals surface area (Å²) in [5.74, 6) is -1.52. The Balaban J connectivity index is 1.75. The van der Waals surface area contributed by atoms with Crippen molar-refractivity contribution >= 4 is 15.9 Å². The number of aromatic nitrogens is 3. The molecule has 0 amide bonds. The third-order valence-electron chi connectivity index (χ3n) is 5.45. The van der Waals surface area contributed by atoms with Crippen molar-refractivity contribution in [3.8, 4) is 0 Å². The molecule has 0 spiro atoms. The standard InChI is InChI=1S/C20H20BrF2N5O/c1-12-16-7-14(21)3-6-19(16)28(26-12)13(2)20(29,9-27-11-24-10-25-27)17-5-4-15(22)8-18(17)23/h3-8,10-11,13,19,26,29H,9H2,1-2H3/t13-,19?,20-/m1/s1. The van der Waals surface area contributed by atoms with E-state index in [1.54, 1.807) is 6.92 Å². The normalized spacial score (nSPS) is 22.1. The van der Waals surface area contributed by atoms with Gasteiger partial charge in [0.2, 0.25) is 0 Å². The molecular formula is C20H20BrF2N5O. The molecule has 1 aromatic heterocycles. The Kier molecular flexibility index (Phi) is 5.14. The Morgan fingerprint density at radius 3 is 2.86 bits per heavy atom. The van der Waals surface area contributed by atoms with Crippen LogP contribution < -0.4 is 5.43 Å². The van der Waals surface area contributed by atoms with E-state index in [0.717, 1.165) is 27.9 Å². The Bertz CT molecular complexity index is 1020.